The Morgan fingerprint density at radius 3 is 2.61 bits per heavy atom. The number of carboxylic acid groups (broad SMARTS) is 1. The number of hydrogen-bond acceptors (Lipinski definition) is 5. The van der Waals surface area contributed by atoms with Gasteiger partial charge in [-0.15, -0.1) is 0 Å². The first-order valence-electron chi connectivity index (χ1n) is 14.7. The van der Waals surface area contributed by atoms with Gasteiger partial charge in [-0.2, -0.15) is 0 Å². The van der Waals surface area contributed by atoms with Gasteiger partial charge in [0.15, 0.2) is 5.65 Å². The fourth-order valence-electron chi connectivity index (χ4n) is 6.38. The van der Waals surface area contributed by atoms with E-state index in [1.54, 1.807) is 18.2 Å². The highest BCUT2D eigenvalue weighted by atomic mass is 35.5. The first-order valence-corrected chi connectivity index (χ1v) is 15.1. The molecule has 7 rings (SSSR count). The third-order valence-corrected chi connectivity index (χ3v) is 9.41. The molecule has 1 atom stereocenters. The molecule has 2 aliphatic heterocycles. The minimum absolute atomic E-state index is 0.0665. The van der Waals surface area contributed by atoms with Crippen LogP contribution in [0.1, 0.15) is 70.6 Å². The van der Waals surface area contributed by atoms with Crippen LogP contribution in [0, 0.1) is 11.2 Å². The van der Waals surface area contributed by atoms with Crippen molar-refractivity contribution in [2.75, 3.05) is 19.8 Å². The highest BCUT2D eigenvalue weighted by molar-refractivity contribution is 6.30. The zero-order valence-electron chi connectivity index (χ0n) is 23.8. The number of hydrogen-bond donors (Lipinski definition) is 1. The van der Waals surface area contributed by atoms with Gasteiger partial charge in [0.25, 0.3) is 0 Å². The summed E-state index contributed by atoms with van der Waals surface area (Å²) in [6.45, 7) is 1.96. The molecule has 0 bridgehead atoms. The molecule has 1 N–H and O–H groups in total. The molecular weight excluding hydrogens is 593 g/mol. The molecule has 228 valence electrons. The molecule has 44 heavy (non-hydrogen) atoms. The summed E-state index contributed by atoms with van der Waals surface area (Å²) in [5.41, 5.74) is 2.15. The Morgan fingerprint density at radius 1 is 1.11 bits per heavy atom. The number of carbonyl (C=O) groups is 1. The van der Waals surface area contributed by atoms with Gasteiger partial charge in [0.05, 0.1) is 29.9 Å². The lowest BCUT2D eigenvalue weighted by atomic mass is 9.86. The summed E-state index contributed by atoms with van der Waals surface area (Å²) >= 11 is 5.92. The SMILES string of the molecule is O=C(O)c1cnc2nc(CN3CCC(c4cccc5c4O[C@H](c4ccc(Cl)cc4F)C=C5F)CC3)n(CC3(CF)CC3)c2c1. The van der Waals surface area contributed by atoms with E-state index in [4.69, 9.17) is 21.3 Å². The maximum Gasteiger partial charge on any atom is 0.337 e. The number of aromatic carboxylic acids is 1. The second-order valence-electron chi connectivity index (χ2n) is 12.1. The maximum absolute atomic E-state index is 15.3. The number of piperidine rings is 1. The Balaban J connectivity index is 1.10. The summed E-state index contributed by atoms with van der Waals surface area (Å²) in [5.74, 6) is -0.815. The van der Waals surface area contributed by atoms with Crippen molar-refractivity contribution >= 4 is 34.6 Å². The summed E-state index contributed by atoms with van der Waals surface area (Å²) in [6.07, 6.45) is 4.79. The second kappa shape index (κ2) is 11.2. The number of carboxylic acids is 1. The lowest BCUT2D eigenvalue weighted by Gasteiger charge is -2.34. The van der Waals surface area contributed by atoms with Crippen molar-refractivity contribution in [3.63, 3.8) is 0 Å². The molecule has 0 spiro atoms. The molecule has 2 fully saturated rings. The number of halogens is 4. The Bertz CT molecular complexity index is 1800. The second-order valence-corrected chi connectivity index (χ2v) is 12.5. The van der Waals surface area contributed by atoms with Crippen molar-refractivity contribution in [1.29, 1.82) is 0 Å². The number of para-hydroxylation sites is 1. The normalized spacial score (nSPS) is 19.8. The molecule has 4 heterocycles. The van der Waals surface area contributed by atoms with Gasteiger partial charge < -0.3 is 14.4 Å². The molecule has 7 nitrogen and oxygen atoms in total. The zero-order valence-corrected chi connectivity index (χ0v) is 24.5. The van der Waals surface area contributed by atoms with E-state index in [9.17, 15) is 18.7 Å². The molecule has 0 amide bonds. The van der Waals surface area contributed by atoms with E-state index in [-0.39, 0.29) is 22.1 Å². The van der Waals surface area contributed by atoms with Gasteiger partial charge in [0.1, 0.15) is 29.3 Å². The molecule has 2 aromatic carbocycles. The number of fused-ring (bicyclic) bond motifs is 2. The molecule has 3 aliphatic rings. The van der Waals surface area contributed by atoms with Crippen molar-refractivity contribution in [3.8, 4) is 5.75 Å². The largest absolute Gasteiger partial charge is 0.480 e. The molecule has 1 aliphatic carbocycles. The van der Waals surface area contributed by atoms with E-state index >= 15 is 4.39 Å². The number of pyridine rings is 1. The van der Waals surface area contributed by atoms with Crippen molar-refractivity contribution in [2.24, 2.45) is 5.41 Å². The number of rotatable bonds is 8. The molecule has 4 aromatic rings. The van der Waals surface area contributed by atoms with Crippen LogP contribution >= 0.6 is 11.6 Å². The van der Waals surface area contributed by atoms with Gasteiger partial charge in [0.2, 0.25) is 0 Å². The summed E-state index contributed by atoms with van der Waals surface area (Å²) in [4.78, 5) is 22.9. The van der Waals surface area contributed by atoms with Gasteiger partial charge >= 0.3 is 5.97 Å². The topological polar surface area (TPSA) is 80.5 Å². The Hall–Kier alpha value is -3.89. The third kappa shape index (κ3) is 5.34. The van der Waals surface area contributed by atoms with Crippen LogP contribution in [0.25, 0.3) is 17.0 Å². The zero-order chi connectivity index (χ0) is 30.6. The van der Waals surface area contributed by atoms with Crippen LogP contribution in [0.3, 0.4) is 0 Å². The monoisotopic (exact) mass is 622 g/mol. The highest BCUT2D eigenvalue weighted by Gasteiger charge is 2.44. The van der Waals surface area contributed by atoms with E-state index in [0.29, 0.717) is 35.6 Å². The number of imidazole rings is 1. The number of nitrogens with zero attached hydrogens (tertiary/aromatic N) is 4. The molecule has 11 heteroatoms. The third-order valence-electron chi connectivity index (χ3n) is 9.17. The minimum atomic E-state index is -1.07. The van der Waals surface area contributed by atoms with E-state index in [1.165, 1.54) is 24.4 Å². The first kappa shape index (κ1) is 28.9. The van der Waals surface area contributed by atoms with Gasteiger partial charge in [0, 0.05) is 28.7 Å². The van der Waals surface area contributed by atoms with E-state index in [0.717, 1.165) is 50.2 Å². The number of likely N-dealkylation sites (tertiary alicyclic amines) is 1. The van der Waals surface area contributed by atoms with Crippen molar-refractivity contribution in [1.82, 2.24) is 19.4 Å². The number of ether oxygens (including phenoxy) is 1. The lowest BCUT2D eigenvalue weighted by Crippen LogP contribution is -2.34. The van der Waals surface area contributed by atoms with Crippen LogP contribution < -0.4 is 4.74 Å². The number of aromatic nitrogens is 3. The van der Waals surface area contributed by atoms with Crippen molar-refractivity contribution in [3.05, 3.63) is 93.7 Å². The fraction of sp³-hybridized carbons (Fsp3) is 0.364. The minimum Gasteiger partial charge on any atom is -0.480 e. The summed E-state index contributed by atoms with van der Waals surface area (Å²) in [6, 6.07) is 11.3. The Morgan fingerprint density at radius 2 is 1.91 bits per heavy atom. The lowest BCUT2D eigenvalue weighted by molar-refractivity contribution is 0.0696. The number of alkyl halides is 1. The first-order chi connectivity index (χ1) is 21.2. The summed E-state index contributed by atoms with van der Waals surface area (Å²) < 4.78 is 52.1. The van der Waals surface area contributed by atoms with Crippen LogP contribution in [0.2, 0.25) is 5.02 Å². The molecular formula is C33H30ClF3N4O3. The summed E-state index contributed by atoms with van der Waals surface area (Å²) in [7, 11) is 0. The quantitative estimate of drug-likeness (QED) is 0.219. The average molecular weight is 623 g/mol. The molecule has 2 aromatic heterocycles. The van der Waals surface area contributed by atoms with Gasteiger partial charge in [-0.3, -0.25) is 9.29 Å². The van der Waals surface area contributed by atoms with E-state index in [1.807, 2.05) is 16.7 Å². The Kier molecular flexibility index (Phi) is 7.37. The van der Waals surface area contributed by atoms with Crippen LogP contribution in [-0.4, -0.2) is 50.3 Å². The van der Waals surface area contributed by atoms with Gasteiger partial charge in [-0.25, -0.2) is 23.5 Å². The van der Waals surface area contributed by atoms with Crippen LogP contribution in [-0.2, 0) is 13.1 Å². The highest BCUT2D eigenvalue weighted by Crippen LogP contribution is 2.48. The van der Waals surface area contributed by atoms with Crippen LogP contribution in [0.5, 0.6) is 5.75 Å². The molecule has 1 saturated heterocycles. The van der Waals surface area contributed by atoms with E-state index < -0.39 is 35.8 Å². The van der Waals surface area contributed by atoms with Crippen LogP contribution in [0.4, 0.5) is 13.2 Å². The van der Waals surface area contributed by atoms with Crippen molar-refractivity contribution in [2.45, 2.75) is 50.8 Å². The average Bonchev–Trinajstić information content (AvgIpc) is 3.72. The molecule has 0 unspecified atom stereocenters. The van der Waals surface area contributed by atoms with Crippen LogP contribution in [0.15, 0.2) is 54.7 Å². The number of benzene rings is 2. The van der Waals surface area contributed by atoms with Gasteiger partial charge in [-0.1, -0.05) is 29.8 Å². The predicted octanol–water partition coefficient (Wildman–Crippen LogP) is 7.50. The standard InChI is InChI=1S/C33H30ClF3N4O3/c34-21-4-5-23(25(36)13-21)28-14-26(37)24-3-1-2-22(30(24)44-28)19-6-10-40(11-7-19)16-29-39-31-27(12-20(15-38-31)32(42)43)41(29)18-33(17-35)8-9-33/h1-5,12-15,19,28H,6-11,16-18H2,(H,42,43)/t28-/m0/s1. The van der Waals surface area contributed by atoms with E-state index in [2.05, 4.69) is 9.88 Å². The smallest absolute Gasteiger partial charge is 0.337 e. The fourth-order valence-corrected chi connectivity index (χ4v) is 6.54. The van der Waals surface area contributed by atoms with Gasteiger partial charge in [-0.05, 0) is 80.6 Å². The van der Waals surface area contributed by atoms with Crippen molar-refractivity contribution < 1.29 is 27.8 Å². The molecule has 1 saturated carbocycles. The Labute approximate surface area is 256 Å². The predicted molar refractivity (Wildman–Crippen MR) is 160 cm³/mol. The molecule has 0 radical (unpaired) electrons. The maximum atomic E-state index is 15.3. The summed E-state index contributed by atoms with van der Waals surface area (Å²) in [5, 5.41) is 9.76.